The van der Waals surface area contributed by atoms with Gasteiger partial charge in [0, 0.05) is 18.3 Å². The second kappa shape index (κ2) is 8.01. The largest absolute Gasteiger partial charge is 0.326 e. The number of nitrogens with one attached hydrogen (secondary N) is 2. The summed E-state index contributed by atoms with van der Waals surface area (Å²) in [6, 6.07) is 14.1. The molecule has 0 aliphatic rings. The van der Waals surface area contributed by atoms with Crippen LogP contribution in [-0.4, -0.2) is 32.5 Å². The van der Waals surface area contributed by atoms with Crippen molar-refractivity contribution in [3.63, 3.8) is 0 Å². The third-order valence-corrected chi connectivity index (χ3v) is 4.79. The highest BCUT2D eigenvalue weighted by molar-refractivity contribution is 7.92. The number of amides is 2. The topological polar surface area (TPSA) is 95.6 Å². The Hall–Kier alpha value is -2.87. The number of nitrogens with zero attached hydrogens (tertiary/aromatic N) is 1. The lowest BCUT2D eigenvalue weighted by Crippen LogP contribution is -2.45. The molecule has 0 spiro atoms. The minimum atomic E-state index is -3.66. The van der Waals surface area contributed by atoms with Crippen molar-refractivity contribution in [2.75, 3.05) is 21.2 Å². The molecular weight excluding hydrogens is 354 g/mol. The van der Waals surface area contributed by atoms with E-state index in [9.17, 15) is 18.0 Å². The third-order valence-electron chi connectivity index (χ3n) is 3.55. The molecule has 0 saturated carbocycles. The predicted molar refractivity (Wildman–Crippen MR) is 103 cm³/mol. The SMILES string of the molecule is CC(=O)Nc1cccc(NC(=O)[C@@H](C)N(c2ccccc2)S(C)(=O)=O)c1. The summed E-state index contributed by atoms with van der Waals surface area (Å²) >= 11 is 0. The lowest BCUT2D eigenvalue weighted by atomic mass is 10.2. The molecule has 0 aromatic heterocycles. The Morgan fingerprint density at radius 1 is 0.962 bits per heavy atom. The molecule has 0 aliphatic carbocycles. The minimum absolute atomic E-state index is 0.228. The molecule has 2 aromatic carbocycles. The summed E-state index contributed by atoms with van der Waals surface area (Å²) in [5, 5.41) is 5.31. The number of hydrogen-bond acceptors (Lipinski definition) is 4. The van der Waals surface area contributed by atoms with Crippen molar-refractivity contribution >= 4 is 38.9 Å². The van der Waals surface area contributed by atoms with Crippen molar-refractivity contribution in [3.05, 3.63) is 54.6 Å². The molecule has 2 rings (SSSR count). The maximum Gasteiger partial charge on any atom is 0.247 e. The van der Waals surface area contributed by atoms with E-state index in [4.69, 9.17) is 0 Å². The first kappa shape index (κ1) is 19.5. The van der Waals surface area contributed by atoms with Crippen molar-refractivity contribution in [3.8, 4) is 0 Å². The summed E-state index contributed by atoms with van der Waals surface area (Å²) in [6.07, 6.45) is 1.06. The van der Waals surface area contributed by atoms with Crippen LogP contribution in [0.25, 0.3) is 0 Å². The lowest BCUT2D eigenvalue weighted by Gasteiger charge is -2.28. The molecule has 26 heavy (non-hydrogen) atoms. The fourth-order valence-electron chi connectivity index (χ4n) is 2.51. The number of para-hydroxylation sites is 1. The summed E-state index contributed by atoms with van der Waals surface area (Å²) < 4.78 is 25.5. The fraction of sp³-hybridized carbons (Fsp3) is 0.222. The maximum atomic E-state index is 12.6. The van der Waals surface area contributed by atoms with E-state index in [1.807, 2.05) is 0 Å². The second-order valence-electron chi connectivity index (χ2n) is 5.82. The van der Waals surface area contributed by atoms with Crippen molar-refractivity contribution < 1.29 is 18.0 Å². The highest BCUT2D eigenvalue weighted by atomic mass is 32.2. The second-order valence-corrected chi connectivity index (χ2v) is 7.68. The van der Waals surface area contributed by atoms with Crippen molar-refractivity contribution in [1.29, 1.82) is 0 Å². The monoisotopic (exact) mass is 375 g/mol. The van der Waals surface area contributed by atoms with E-state index in [1.165, 1.54) is 13.8 Å². The van der Waals surface area contributed by atoms with Crippen LogP contribution in [0.4, 0.5) is 17.1 Å². The van der Waals surface area contributed by atoms with Gasteiger partial charge in [-0.3, -0.25) is 13.9 Å². The fourth-order valence-corrected chi connectivity index (χ4v) is 3.68. The standard InChI is InChI=1S/C18H21N3O4S/c1-13(21(26(3,24)25)17-10-5-4-6-11-17)18(23)20-16-9-7-8-15(12-16)19-14(2)22/h4-13H,1-3H3,(H,19,22)(H,20,23)/t13-/m1/s1. The smallest absolute Gasteiger partial charge is 0.247 e. The average Bonchev–Trinajstić information content (AvgIpc) is 2.54. The van der Waals surface area contributed by atoms with Gasteiger partial charge in [0.2, 0.25) is 21.8 Å². The Morgan fingerprint density at radius 2 is 1.54 bits per heavy atom. The molecule has 2 N–H and O–H groups in total. The first-order valence-electron chi connectivity index (χ1n) is 7.91. The minimum Gasteiger partial charge on any atom is -0.326 e. The van der Waals surface area contributed by atoms with Crippen LogP contribution in [0.1, 0.15) is 13.8 Å². The molecular formula is C18H21N3O4S. The molecule has 0 saturated heterocycles. The van der Waals surface area contributed by atoms with Gasteiger partial charge in [-0.2, -0.15) is 0 Å². The molecule has 0 bridgehead atoms. The number of carbonyl (C=O) groups excluding carboxylic acids is 2. The van der Waals surface area contributed by atoms with Crippen molar-refractivity contribution in [1.82, 2.24) is 0 Å². The van der Waals surface area contributed by atoms with Crippen molar-refractivity contribution in [2.24, 2.45) is 0 Å². The number of benzene rings is 2. The van der Waals surface area contributed by atoms with Crippen LogP contribution in [-0.2, 0) is 19.6 Å². The maximum absolute atomic E-state index is 12.6. The van der Waals surface area contributed by atoms with Gasteiger partial charge in [-0.05, 0) is 37.3 Å². The Labute approximate surface area is 153 Å². The molecule has 8 heteroatoms. The van der Waals surface area contributed by atoms with E-state index < -0.39 is 22.0 Å². The van der Waals surface area contributed by atoms with Crippen LogP contribution in [0.5, 0.6) is 0 Å². The molecule has 7 nitrogen and oxygen atoms in total. The molecule has 1 atom stereocenters. The predicted octanol–water partition coefficient (Wildman–Crippen LogP) is 2.44. The first-order valence-corrected chi connectivity index (χ1v) is 9.76. The van der Waals surface area contributed by atoms with Gasteiger partial charge in [0.1, 0.15) is 6.04 Å². The normalized spacial score (nSPS) is 12.1. The lowest BCUT2D eigenvalue weighted by molar-refractivity contribution is -0.117. The number of hydrogen-bond donors (Lipinski definition) is 2. The number of sulfonamides is 1. The van der Waals surface area contributed by atoms with E-state index in [1.54, 1.807) is 54.6 Å². The third kappa shape index (κ3) is 5.06. The Bertz CT molecular complexity index is 898. The first-order chi connectivity index (χ1) is 12.2. The Morgan fingerprint density at radius 3 is 2.08 bits per heavy atom. The molecule has 0 unspecified atom stereocenters. The summed E-state index contributed by atoms with van der Waals surface area (Å²) in [4.78, 5) is 23.7. The van der Waals surface area contributed by atoms with Gasteiger partial charge in [-0.15, -0.1) is 0 Å². The van der Waals surface area contributed by atoms with Crippen LogP contribution in [0.15, 0.2) is 54.6 Å². The zero-order chi connectivity index (χ0) is 19.3. The van der Waals surface area contributed by atoms with Crippen molar-refractivity contribution in [2.45, 2.75) is 19.9 Å². The van der Waals surface area contributed by atoms with E-state index in [2.05, 4.69) is 10.6 Å². The van der Waals surface area contributed by atoms with Gasteiger partial charge < -0.3 is 10.6 Å². The summed E-state index contributed by atoms with van der Waals surface area (Å²) in [5.74, 6) is -0.714. The highest BCUT2D eigenvalue weighted by Gasteiger charge is 2.29. The van der Waals surface area contributed by atoms with Crippen LogP contribution >= 0.6 is 0 Å². The number of anilines is 3. The Balaban J connectivity index is 2.23. The molecule has 0 aliphatic heterocycles. The zero-order valence-corrected chi connectivity index (χ0v) is 15.6. The van der Waals surface area contributed by atoms with Gasteiger partial charge in [0.05, 0.1) is 11.9 Å². The van der Waals surface area contributed by atoms with Crippen LogP contribution in [0, 0.1) is 0 Å². The van der Waals surface area contributed by atoms with Gasteiger partial charge in [-0.25, -0.2) is 8.42 Å². The highest BCUT2D eigenvalue weighted by Crippen LogP contribution is 2.22. The molecule has 0 heterocycles. The van der Waals surface area contributed by atoms with Gasteiger partial charge in [0.25, 0.3) is 0 Å². The summed E-state index contributed by atoms with van der Waals surface area (Å²) in [5.41, 5.74) is 1.39. The summed E-state index contributed by atoms with van der Waals surface area (Å²) in [7, 11) is -3.66. The molecule has 0 fully saturated rings. The molecule has 2 aromatic rings. The molecule has 138 valence electrons. The average molecular weight is 375 g/mol. The van der Waals surface area contributed by atoms with E-state index in [0.29, 0.717) is 17.1 Å². The van der Waals surface area contributed by atoms with Crippen LogP contribution < -0.4 is 14.9 Å². The van der Waals surface area contributed by atoms with Crippen LogP contribution in [0.2, 0.25) is 0 Å². The molecule has 0 radical (unpaired) electrons. The number of carbonyl (C=O) groups is 2. The summed E-state index contributed by atoms with van der Waals surface area (Å²) in [6.45, 7) is 2.90. The zero-order valence-electron chi connectivity index (χ0n) is 14.8. The van der Waals surface area contributed by atoms with E-state index in [0.717, 1.165) is 10.6 Å². The van der Waals surface area contributed by atoms with Gasteiger partial charge in [-0.1, -0.05) is 24.3 Å². The van der Waals surface area contributed by atoms with E-state index in [-0.39, 0.29) is 5.91 Å². The van der Waals surface area contributed by atoms with Crippen LogP contribution in [0.3, 0.4) is 0 Å². The van der Waals surface area contributed by atoms with Gasteiger partial charge >= 0.3 is 0 Å². The molecule has 2 amide bonds. The number of rotatable bonds is 6. The quantitative estimate of drug-likeness (QED) is 0.811. The van der Waals surface area contributed by atoms with E-state index >= 15 is 0 Å². The Kier molecular flexibility index (Phi) is 5.99. The van der Waals surface area contributed by atoms with Gasteiger partial charge in [0.15, 0.2) is 0 Å².